The normalized spacial score (nSPS) is 20.3. The molecule has 1 aromatic heterocycles. The maximum atomic E-state index is 14.1. The van der Waals surface area contributed by atoms with Crippen molar-refractivity contribution in [2.45, 2.75) is 51.2 Å². The molecule has 39 heavy (non-hydrogen) atoms. The van der Waals surface area contributed by atoms with Crippen LogP contribution in [0.2, 0.25) is 0 Å². The summed E-state index contributed by atoms with van der Waals surface area (Å²) in [5.41, 5.74) is 0.0953. The number of benzene rings is 2. The molecule has 202 valence electrons. The van der Waals surface area contributed by atoms with E-state index in [-0.39, 0.29) is 53.8 Å². The third-order valence-electron chi connectivity index (χ3n) is 7.81. The van der Waals surface area contributed by atoms with Crippen LogP contribution in [-0.4, -0.2) is 51.5 Å². The number of nitrogens with zero attached hydrogens (tertiary/aromatic N) is 3. The van der Waals surface area contributed by atoms with Crippen molar-refractivity contribution >= 4 is 11.8 Å². The summed E-state index contributed by atoms with van der Waals surface area (Å²) < 4.78 is 35.0. The molecule has 4 heterocycles. The molecule has 0 radical (unpaired) electrons. The molecule has 2 aromatic carbocycles. The number of fused-ring (bicyclic) bond motifs is 4. The van der Waals surface area contributed by atoms with E-state index in [9.17, 15) is 23.2 Å². The zero-order valence-electron chi connectivity index (χ0n) is 21.2. The van der Waals surface area contributed by atoms with E-state index in [2.05, 4.69) is 10.2 Å². The molecular formula is C29H28F2N4O4. The first-order valence-electron chi connectivity index (χ1n) is 13.1. The number of amides is 2. The number of hydrogen-bond acceptors (Lipinski definition) is 5. The van der Waals surface area contributed by atoms with Crippen molar-refractivity contribution in [2.24, 2.45) is 0 Å². The van der Waals surface area contributed by atoms with Gasteiger partial charge in [0.05, 0.1) is 6.54 Å². The molecule has 0 unspecified atom stereocenters. The topological polar surface area (TPSA) is 83.9 Å². The van der Waals surface area contributed by atoms with Crippen molar-refractivity contribution in [1.29, 1.82) is 0 Å². The fourth-order valence-corrected chi connectivity index (χ4v) is 5.84. The third kappa shape index (κ3) is 4.69. The lowest BCUT2D eigenvalue weighted by Gasteiger charge is -2.38. The van der Waals surface area contributed by atoms with Crippen LogP contribution < -0.4 is 15.5 Å². The lowest BCUT2D eigenvalue weighted by atomic mass is 10.0. The van der Waals surface area contributed by atoms with Gasteiger partial charge in [-0.3, -0.25) is 19.3 Å². The van der Waals surface area contributed by atoms with Crippen LogP contribution in [0.15, 0.2) is 59.5 Å². The molecule has 10 heteroatoms. The third-order valence-corrected chi connectivity index (χ3v) is 7.81. The second-order valence-corrected chi connectivity index (χ2v) is 10.2. The van der Waals surface area contributed by atoms with E-state index in [1.54, 1.807) is 4.57 Å². The highest BCUT2D eigenvalue weighted by molar-refractivity contribution is 5.99. The van der Waals surface area contributed by atoms with E-state index >= 15 is 0 Å². The molecule has 6 rings (SSSR count). The number of ether oxygens (including phenoxy) is 1. The summed E-state index contributed by atoms with van der Waals surface area (Å²) in [7, 11) is 0. The molecular weight excluding hydrogens is 506 g/mol. The van der Waals surface area contributed by atoms with Crippen LogP contribution in [0.1, 0.15) is 51.2 Å². The number of aromatic nitrogens is 1. The summed E-state index contributed by atoms with van der Waals surface area (Å²) >= 11 is 0. The lowest BCUT2D eigenvalue weighted by molar-refractivity contribution is 0.0448. The monoisotopic (exact) mass is 534 g/mol. The van der Waals surface area contributed by atoms with Crippen LogP contribution in [0.25, 0.3) is 0 Å². The van der Waals surface area contributed by atoms with Crippen LogP contribution in [0.4, 0.5) is 8.78 Å². The van der Waals surface area contributed by atoms with E-state index in [0.29, 0.717) is 13.1 Å². The Hall–Kier alpha value is -4.05. The average molecular weight is 535 g/mol. The molecule has 0 saturated carbocycles. The summed E-state index contributed by atoms with van der Waals surface area (Å²) in [5.74, 6) is -2.72. The molecule has 8 nitrogen and oxygen atoms in total. The number of halogens is 2. The highest BCUT2D eigenvalue weighted by Gasteiger charge is 2.47. The Morgan fingerprint density at radius 3 is 2.67 bits per heavy atom. The highest BCUT2D eigenvalue weighted by atomic mass is 19.1. The van der Waals surface area contributed by atoms with Gasteiger partial charge in [-0.25, -0.2) is 8.78 Å². The molecule has 2 fully saturated rings. The summed E-state index contributed by atoms with van der Waals surface area (Å²) in [6.07, 6.45) is 4.43. The van der Waals surface area contributed by atoms with Crippen molar-refractivity contribution in [3.8, 4) is 5.75 Å². The van der Waals surface area contributed by atoms with E-state index < -0.39 is 23.0 Å². The van der Waals surface area contributed by atoms with Crippen molar-refractivity contribution in [3.63, 3.8) is 0 Å². The van der Waals surface area contributed by atoms with E-state index in [4.69, 9.17) is 4.74 Å². The first-order valence-corrected chi connectivity index (χ1v) is 13.1. The fraction of sp³-hybridized carbons (Fsp3) is 0.345. The van der Waals surface area contributed by atoms with Gasteiger partial charge in [0.25, 0.3) is 11.8 Å². The number of pyridine rings is 1. The Balaban J connectivity index is 1.35. The molecule has 0 bridgehead atoms. The maximum Gasteiger partial charge on any atom is 0.275 e. The molecule has 2 atom stereocenters. The minimum atomic E-state index is -0.799. The molecule has 3 aliphatic rings. The first-order chi connectivity index (χ1) is 18.9. The smallest absolute Gasteiger partial charge is 0.275 e. The number of hydrogen-bond donors (Lipinski definition) is 1. The maximum absolute atomic E-state index is 14.1. The van der Waals surface area contributed by atoms with E-state index in [1.807, 2.05) is 35.2 Å². The zero-order valence-corrected chi connectivity index (χ0v) is 21.2. The average Bonchev–Trinajstić information content (AvgIpc) is 3.31. The number of rotatable bonds is 6. The van der Waals surface area contributed by atoms with E-state index in [1.165, 1.54) is 12.3 Å². The van der Waals surface area contributed by atoms with Gasteiger partial charge >= 0.3 is 0 Å². The van der Waals surface area contributed by atoms with Crippen LogP contribution in [-0.2, 0) is 19.7 Å². The van der Waals surface area contributed by atoms with Gasteiger partial charge in [0, 0.05) is 43.5 Å². The molecule has 2 saturated heterocycles. The van der Waals surface area contributed by atoms with Crippen molar-refractivity contribution in [3.05, 3.63) is 99.0 Å². The number of carbonyl (C=O) groups excluding carboxylic acids is 2. The fourth-order valence-electron chi connectivity index (χ4n) is 5.84. The molecule has 0 aliphatic carbocycles. The summed E-state index contributed by atoms with van der Waals surface area (Å²) in [6, 6.07) is 12.6. The first kappa shape index (κ1) is 25.2. The standard InChI is InChI=1S/C29H28F2N4O4/c30-20-10-9-19(23(31)12-20)13-32-28(37)22-15-33-16-24-34-11-5-4-8-21(34)14-35(24)29(38)25(33)27(26(22)36)39-17-18-6-2-1-3-7-18/h1-3,6-7,9-10,12,15,21,24H,4-5,8,11,13-14,16-17H2,(H,32,37)/t21-,24-/m0/s1. The predicted molar refractivity (Wildman–Crippen MR) is 138 cm³/mol. The van der Waals surface area contributed by atoms with Gasteiger partial charge in [-0.15, -0.1) is 0 Å². The largest absolute Gasteiger partial charge is 0.483 e. The number of nitrogens with one attached hydrogen (secondary N) is 1. The molecule has 3 aliphatic heterocycles. The van der Waals surface area contributed by atoms with Crippen LogP contribution >= 0.6 is 0 Å². The Bertz CT molecular complexity index is 1490. The zero-order chi connectivity index (χ0) is 27.1. The Kier molecular flexibility index (Phi) is 6.64. The lowest BCUT2D eigenvalue weighted by Crippen LogP contribution is -2.51. The van der Waals surface area contributed by atoms with Gasteiger partial charge in [-0.2, -0.15) is 0 Å². The van der Waals surface area contributed by atoms with E-state index in [0.717, 1.165) is 43.5 Å². The van der Waals surface area contributed by atoms with Crippen LogP contribution in [0.5, 0.6) is 5.75 Å². The molecule has 1 N–H and O–H groups in total. The second-order valence-electron chi connectivity index (χ2n) is 10.2. The van der Waals surface area contributed by atoms with Gasteiger partial charge in [-0.05, 0) is 24.5 Å². The van der Waals surface area contributed by atoms with Gasteiger partial charge in [0.15, 0.2) is 11.4 Å². The molecule has 0 spiro atoms. The van der Waals surface area contributed by atoms with Gasteiger partial charge in [0.2, 0.25) is 5.43 Å². The number of piperidine rings is 1. The van der Waals surface area contributed by atoms with Crippen molar-refractivity contribution in [2.75, 3.05) is 13.1 Å². The quantitative estimate of drug-likeness (QED) is 0.525. The number of carbonyl (C=O) groups is 2. The van der Waals surface area contributed by atoms with Crippen LogP contribution in [0.3, 0.4) is 0 Å². The summed E-state index contributed by atoms with van der Waals surface area (Å²) in [5, 5.41) is 2.55. The van der Waals surface area contributed by atoms with Crippen molar-refractivity contribution in [1.82, 2.24) is 19.7 Å². The summed E-state index contributed by atoms with van der Waals surface area (Å²) in [6.45, 7) is 1.69. The minimum Gasteiger partial charge on any atom is -0.483 e. The Morgan fingerprint density at radius 2 is 1.87 bits per heavy atom. The van der Waals surface area contributed by atoms with Crippen LogP contribution in [0, 0.1) is 11.6 Å². The molecule has 3 aromatic rings. The highest BCUT2D eigenvalue weighted by Crippen LogP contribution is 2.35. The summed E-state index contributed by atoms with van der Waals surface area (Å²) in [4.78, 5) is 44.7. The van der Waals surface area contributed by atoms with Gasteiger partial charge < -0.3 is 19.5 Å². The second kappa shape index (κ2) is 10.3. The Labute approximate surface area is 223 Å². The predicted octanol–water partition coefficient (Wildman–Crippen LogP) is 3.29. The van der Waals surface area contributed by atoms with Gasteiger partial charge in [0.1, 0.15) is 30.0 Å². The molecule has 2 amide bonds. The minimum absolute atomic E-state index is 0.0421. The SMILES string of the molecule is O=C(NCc1ccc(F)cc1F)c1cn2c(c(OCc3ccccc3)c1=O)C(=O)N1C[C@@H]3CCCCN3[C@@H]1C2. The van der Waals surface area contributed by atoms with Gasteiger partial charge in [-0.1, -0.05) is 42.8 Å². The van der Waals surface area contributed by atoms with Crippen molar-refractivity contribution < 1.29 is 23.1 Å². The Morgan fingerprint density at radius 1 is 1.05 bits per heavy atom.